The molecular weight excluding hydrogens is 380 g/mol. The van der Waals surface area contributed by atoms with Crippen LogP contribution in [0.15, 0.2) is 21.2 Å². The maximum absolute atomic E-state index is 13.1. The van der Waals surface area contributed by atoms with Crippen LogP contribution >= 0.6 is 22.7 Å². The van der Waals surface area contributed by atoms with Crippen molar-refractivity contribution in [1.29, 1.82) is 0 Å². The van der Waals surface area contributed by atoms with Gasteiger partial charge in [-0.2, -0.15) is 4.31 Å². The van der Waals surface area contributed by atoms with Crippen LogP contribution < -0.4 is 4.90 Å². The molecule has 2 aliphatic heterocycles. The fourth-order valence-corrected chi connectivity index (χ4v) is 7.21. The zero-order valence-corrected chi connectivity index (χ0v) is 16.4. The molecule has 0 radical (unpaired) electrons. The van der Waals surface area contributed by atoms with E-state index in [1.807, 2.05) is 18.4 Å². The Hall–Kier alpha value is -1.07. The van der Waals surface area contributed by atoms with Gasteiger partial charge in [-0.05, 0) is 36.8 Å². The molecule has 10 heteroatoms. The predicted molar refractivity (Wildman–Crippen MR) is 97.9 cm³/mol. The molecule has 136 valence electrons. The first-order valence-electron chi connectivity index (χ1n) is 8.20. The van der Waals surface area contributed by atoms with Gasteiger partial charge in [0.15, 0.2) is 0 Å². The third-order valence-electron chi connectivity index (χ3n) is 4.76. The van der Waals surface area contributed by atoms with Gasteiger partial charge in [0.1, 0.15) is 9.72 Å². The molecule has 1 spiro atoms. The molecule has 0 aliphatic carbocycles. The summed E-state index contributed by atoms with van der Waals surface area (Å²) in [6, 6.07) is 1.85. The highest BCUT2D eigenvalue weighted by molar-refractivity contribution is 7.91. The Morgan fingerprint density at radius 3 is 2.88 bits per heavy atom. The van der Waals surface area contributed by atoms with Crippen LogP contribution in [-0.4, -0.2) is 61.3 Å². The van der Waals surface area contributed by atoms with Gasteiger partial charge in [0, 0.05) is 19.6 Å². The fourth-order valence-electron chi connectivity index (χ4n) is 3.57. The van der Waals surface area contributed by atoms with Crippen LogP contribution in [0.1, 0.15) is 18.4 Å². The molecule has 2 aromatic rings. The van der Waals surface area contributed by atoms with Gasteiger partial charge in [-0.25, -0.2) is 8.42 Å². The van der Waals surface area contributed by atoms with Crippen LogP contribution in [0.25, 0.3) is 0 Å². The van der Waals surface area contributed by atoms with Crippen LogP contribution in [-0.2, 0) is 14.8 Å². The second kappa shape index (κ2) is 6.58. The van der Waals surface area contributed by atoms with Crippen molar-refractivity contribution in [2.24, 2.45) is 0 Å². The lowest BCUT2D eigenvalue weighted by molar-refractivity contribution is -0.0949. The molecule has 2 fully saturated rings. The first-order valence-corrected chi connectivity index (χ1v) is 11.4. The number of ether oxygens (including phenoxy) is 1. The lowest BCUT2D eigenvalue weighted by atomic mass is 9.92. The maximum atomic E-state index is 13.1. The van der Waals surface area contributed by atoms with E-state index in [-0.39, 0.29) is 0 Å². The lowest BCUT2D eigenvalue weighted by Crippen LogP contribution is -2.60. The molecule has 2 saturated heterocycles. The van der Waals surface area contributed by atoms with Gasteiger partial charge in [-0.15, -0.1) is 21.5 Å². The third kappa shape index (κ3) is 3.21. The summed E-state index contributed by atoms with van der Waals surface area (Å²) < 4.78 is 34.3. The summed E-state index contributed by atoms with van der Waals surface area (Å²) in [5, 5.41) is 10.8. The first-order chi connectivity index (χ1) is 12.0. The van der Waals surface area contributed by atoms with Crippen molar-refractivity contribution in [3.8, 4) is 0 Å². The van der Waals surface area contributed by atoms with Gasteiger partial charge in [-0.1, -0.05) is 11.3 Å². The summed E-state index contributed by atoms with van der Waals surface area (Å²) in [6.45, 7) is 4.61. The molecule has 0 N–H and O–H groups in total. The minimum atomic E-state index is -3.47. The Morgan fingerprint density at radius 2 is 2.16 bits per heavy atom. The molecule has 4 rings (SSSR count). The fraction of sp³-hybridized carbons (Fsp3) is 0.600. The maximum Gasteiger partial charge on any atom is 0.252 e. The highest BCUT2D eigenvalue weighted by Crippen LogP contribution is 2.35. The number of rotatable bonds is 3. The predicted octanol–water partition coefficient (Wildman–Crippen LogP) is 1.97. The summed E-state index contributed by atoms with van der Waals surface area (Å²) in [7, 11) is -3.47. The van der Waals surface area contributed by atoms with Crippen LogP contribution in [0.4, 0.5) is 5.13 Å². The first kappa shape index (κ1) is 17.3. The topological polar surface area (TPSA) is 75.6 Å². The van der Waals surface area contributed by atoms with Crippen LogP contribution in [0.3, 0.4) is 0 Å². The van der Waals surface area contributed by atoms with Crippen molar-refractivity contribution in [1.82, 2.24) is 14.5 Å². The van der Waals surface area contributed by atoms with E-state index < -0.39 is 15.6 Å². The summed E-state index contributed by atoms with van der Waals surface area (Å²) in [6.07, 6.45) is 1.81. The van der Waals surface area contributed by atoms with Crippen molar-refractivity contribution in [3.63, 3.8) is 0 Å². The number of morpholine rings is 1. The third-order valence-corrected chi connectivity index (χ3v) is 9.02. The van der Waals surface area contributed by atoms with Crippen LogP contribution in [0.2, 0.25) is 0 Å². The smallest absolute Gasteiger partial charge is 0.252 e. The monoisotopic (exact) mass is 400 g/mol. The molecule has 0 bridgehead atoms. The zero-order chi connectivity index (χ0) is 17.5. The van der Waals surface area contributed by atoms with Crippen molar-refractivity contribution in [2.75, 3.05) is 37.7 Å². The molecule has 2 aliphatic rings. The van der Waals surface area contributed by atoms with Crippen LogP contribution in [0.5, 0.6) is 0 Å². The van der Waals surface area contributed by atoms with Gasteiger partial charge in [0.05, 0.1) is 18.8 Å². The van der Waals surface area contributed by atoms with Gasteiger partial charge in [-0.3, -0.25) is 0 Å². The number of nitrogens with zero attached hydrogens (tertiary/aromatic N) is 4. The Kier molecular flexibility index (Phi) is 4.57. The number of anilines is 1. The van der Waals surface area contributed by atoms with Gasteiger partial charge in [0.25, 0.3) is 10.0 Å². The number of hydrogen-bond donors (Lipinski definition) is 0. The summed E-state index contributed by atoms with van der Waals surface area (Å²) in [5.41, 5.74) is 2.05. The van der Waals surface area contributed by atoms with E-state index >= 15 is 0 Å². The molecule has 0 saturated carbocycles. The Labute approximate surface area is 155 Å². The number of piperidine rings is 1. The molecule has 1 atom stereocenters. The molecule has 1 unspecified atom stereocenters. The van der Waals surface area contributed by atoms with E-state index in [2.05, 4.69) is 15.1 Å². The number of thiophene rings is 1. The minimum absolute atomic E-state index is 0.391. The molecule has 7 nitrogen and oxygen atoms in total. The Bertz CT molecular complexity index is 832. The minimum Gasteiger partial charge on any atom is -0.370 e. The van der Waals surface area contributed by atoms with E-state index in [1.165, 1.54) is 22.7 Å². The lowest BCUT2D eigenvalue weighted by Gasteiger charge is -2.47. The van der Waals surface area contributed by atoms with E-state index in [4.69, 9.17) is 4.74 Å². The van der Waals surface area contributed by atoms with Crippen molar-refractivity contribution in [2.45, 2.75) is 29.6 Å². The average molecular weight is 401 g/mol. The normalized spacial score (nSPS) is 25.6. The highest BCUT2D eigenvalue weighted by atomic mass is 32.2. The van der Waals surface area contributed by atoms with Gasteiger partial charge >= 0.3 is 0 Å². The number of hydrogen-bond acceptors (Lipinski definition) is 8. The molecule has 0 amide bonds. The SMILES string of the molecule is Cc1ccsc1S(=O)(=O)N1CCOC2(CCCN(c3nncs3)C2)C1. The largest absolute Gasteiger partial charge is 0.370 e. The standard InChI is InChI=1S/C15H20N4O3S3/c1-12-3-8-23-13(12)25(20,21)19-6-7-22-15(10-19)4-2-5-18(9-15)14-17-16-11-24-14/h3,8,11H,2,4-7,9-10H2,1H3. The van der Waals surface area contributed by atoms with E-state index in [0.29, 0.717) is 30.5 Å². The molecule has 2 aromatic heterocycles. The second-order valence-electron chi connectivity index (χ2n) is 6.51. The molecule has 4 heterocycles. The number of aromatic nitrogens is 2. The highest BCUT2D eigenvalue weighted by Gasteiger charge is 2.44. The van der Waals surface area contributed by atoms with Crippen LogP contribution in [0, 0.1) is 6.92 Å². The summed E-state index contributed by atoms with van der Waals surface area (Å²) >= 11 is 2.79. The summed E-state index contributed by atoms with van der Waals surface area (Å²) in [5.74, 6) is 0. The zero-order valence-electron chi connectivity index (χ0n) is 13.9. The van der Waals surface area contributed by atoms with E-state index in [9.17, 15) is 8.42 Å². The number of aryl methyl sites for hydroxylation is 1. The quantitative estimate of drug-likeness (QED) is 0.784. The molecule has 25 heavy (non-hydrogen) atoms. The summed E-state index contributed by atoms with van der Waals surface area (Å²) in [4.78, 5) is 2.16. The van der Waals surface area contributed by atoms with Gasteiger partial charge < -0.3 is 9.64 Å². The number of sulfonamides is 1. The Balaban J connectivity index is 1.57. The van der Waals surface area contributed by atoms with E-state index in [1.54, 1.807) is 9.82 Å². The van der Waals surface area contributed by atoms with Gasteiger partial charge in [0.2, 0.25) is 5.13 Å². The second-order valence-corrected chi connectivity index (χ2v) is 10.4. The van der Waals surface area contributed by atoms with Crippen molar-refractivity contribution >= 4 is 37.8 Å². The van der Waals surface area contributed by atoms with Crippen molar-refractivity contribution < 1.29 is 13.2 Å². The van der Waals surface area contributed by atoms with E-state index in [0.717, 1.165) is 30.1 Å². The average Bonchev–Trinajstić information content (AvgIpc) is 3.26. The Morgan fingerprint density at radius 1 is 1.28 bits per heavy atom. The molecular formula is C15H20N4O3S3. The molecule has 0 aromatic carbocycles. The van der Waals surface area contributed by atoms with Crippen molar-refractivity contribution in [3.05, 3.63) is 22.5 Å².